The van der Waals surface area contributed by atoms with Crippen LogP contribution >= 0.6 is 0 Å². The van der Waals surface area contributed by atoms with Crippen molar-refractivity contribution in [3.05, 3.63) is 209 Å². The Kier molecular flexibility index (Phi) is 6.05. The summed E-state index contributed by atoms with van der Waals surface area (Å²) in [5, 5.41) is 0. The fourth-order valence-corrected chi connectivity index (χ4v) is 10.2. The normalized spacial score (nSPS) is 16.7. The van der Waals surface area contributed by atoms with Crippen LogP contribution in [0.2, 0.25) is 0 Å². The minimum atomic E-state index is -0.562. The Balaban J connectivity index is 1.12. The van der Waals surface area contributed by atoms with E-state index in [-0.39, 0.29) is 5.41 Å². The molecule has 1 heterocycles. The quantitative estimate of drug-likeness (QED) is 0.183. The van der Waals surface area contributed by atoms with Crippen molar-refractivity contribution in [1.29, 1.82) is 0 Å². The van der Waals surface area contributed by atoms with E-state index in [2.05, 4.69) is 170 Å². The number of nitrogens with zero attached hydrogens (tertiary/aromatic N) is 1. The largest absolute Gasteiger partial charge is 0.450 e. The predicted molar refractivity (Wildman–Crippen MR) is 222 cm³/mol. The van der Waals surface area contributed by atoms with Crippen LogP contribution in [-0.4, -0.2) is 0 Å². The van der Waals surface area contributed by atoms with Gasteiger partial charge in [0.25, 0.3) is 0 Å². The second kappa shape index (κ2) is 10.9. The van der Waals surface area contributed by atoms with Crippen LogP contribution in [0.3, 0.4) is 0 Å². The van der Waals surface area contributed by atoms with E-state index in [1.807, 2.05) is 24.3 Å². The third-order valence-electron chi connectivity index (χ3n) is 12.5. The van der Waals surface area contributed by atoms with Crippen molar-refractivity contribution in [3.63, 3.8) is 0 Å². The summed E-state index contributed by atoms with van der Waals surface area (Å²) >= 11 is 0. The van der Waals surface area contributed by atoms with E-state index in [0.717, 1.165) is 40.1 Å². The average Bonchev–Trinajstić information content (AvgIpc) is 3.78. The second-order valence-electron chi connectivity index (χ2n) is 15.6. The van der Waals surface area contributed by atoms with Gasteiger partial charge in [0.05, 0.1) is 11.1 Å². The molecule has 0 N–H and O–H groups in total. The van der Waals surface area contributed by atoms with Crippen LogP contribution in [0, 0.1) is 0 Å². The molecule has 0 amide bonds. The van der Waals surface area contributed by atoms with Crippen molar-refractivity contribution in [2.75, 3.05) is 4.90 Å². The molecule has 3 aliphatic carbocycles. The molecule has 0 saturated heterocycles. The third kappa shape index (κ3) is 3.94. The first-order valence-electron chi connectivity index (χ1n) is 19.1. The van der Waals surface area contributed by atoms with Gasteiger partial charge in [0.15, 0.2) is 23.0 Å². The monoisotopic (exact) mass is 705 g/mol. The molecule has 0 fully saturated rings. The first-order chi connectivity index (χ1) is 27.0. The highest BCUT2D eigenvalue weighted by molar-refractivity contribution is 6.01. The summed E-state index contributed by atoms with van der Waals surface area (Å²) in [4.78, 5) is 2.47. The predicted octanol–water partition coefficient (Wildman–Crippen LogP) is 13.7. The van der Waals surface area contributed by atoms with E-state index in [0.29, 0.717) is 0 Å². The Bertz CT molecular complexity index is 2920. The van der Waals surface area contributed by atoms with Crippen molar-refractivity contribution < 1.29 is 9.47 Å². The number of fused-ring (bicyclic) bond motifs is 15. The first-order valence-corrected chi connectivity index (χ1v) is 19.1. The number of rotatable bonds is 3. The maximum atomic E-state index is 6.60. The number of benzene rings is 8. The van der Waals surface area contributed by atoms with E-state index >= 15 is 0 Å². The summed E-state index contributed by atoms with van der Waals surface area (Å²) in [6, 6.07) is 63.9. The van der Waals surface area contributed by atoms with Gasteiger partial charge in [0.2, 0.25) is 0 Å². The fraction of sp³-hybridized carbons (Fsp3) is 0.0769. The molecule has 0 saturated carbocycles. The molecule has 0 aromatic heterocycles. The molecule has 1 spiro atoms. The highest BCUT2D eigenvalue weighted by atomic mass is 16.6. The lowest BCUT2D eigenvalue weighted by Crippen LogP contribution is -2.26. The second-order valence-corrected chi connectivity index (χ2v) is 15.6. The van der Waals surface area contributed by atoms with Crippen LogP contribution < -0.4 is 14.4 Å². The van der Waals surface area contributed by atoms with E-state index in [1.165, 1.54) is 66.8 Å². The standard InChI is InChI=1S/C52H35NO2/c1-51(2)39-20-9-6-17-34(39)36-28-27-33(29-43(36)51)53(32-15-4-3-5-16-32)45-24-14-23-42-50(45)37-19-8-11-22-41(37)52(42)40-21-10-7-18-35(40)38-30-48-49(31-44(38)52)55-47-26-13-12-25-46(47)54-48/h3-31H,1-2H3. The Morgan fingerprint density at radius 3 is 1.67 bits per heavy atom. The molecule has 1 atom stereocenters. The van der Waals surface area contributed by atoms with Crippen LogP contribution in [0.5, 0.6) is 23.0 Å². The highest BCUT2D eigenvalue weighted by Gasteiger charge is 2.53. The molecule has 3 nitrogen and oxygen atoms in total. The molecule has 3 heteroatoms. The number of para-hydroxylation sites is 3. The maximum absolute atomic E-state index is 6.60. The zero-order valence-electron chi connectivity index (χ0n) is 30.5. The highest BCUT2D eigenvalue weighted by Crippen LogP contribution is 2.66. The first kappa shape index (κ1) is 30.6. The van der Waals surface area contributed by atoms with Crippen molar-refractivity contribution in [3.8, 4) is 56.4 Å². The minimum absolute atomic E-state index is 0.123. The van der Waals surface area contributed by atoms with Crippen molar-refractivity contribution >= 4 is 17.1 Å². The van der Waals surface area contributed by atoms with Gasteiger partial charge in [-0.25, -0.2) is 0 Å². The zero-order chi connectivity index (χ0) is 36.5. The number of ether oxygens (including phenoxy) is 2. The van der Waals surface area contributed by atoms with Gasteiger partial charge in [-0.2, -0.15) is 0 Å². The lowest BCUT2D eigenvalue weighted by Gasteiger charge is -2.32. The Morgan fingerprint density at radius 1 is 0.364 bits per heavy atom. The molecule has 0 bridgehead atoms. The van der Waals surface area contributed by atoms with Gasteiger partial charge in [0, 0.05) is 22.4 Å². The van der Waals surface area contributed by atoms with Crippen molar-refractivity contribution in [2.24, 2.45) is 0 Å². The van der Waals surface area contributed by atoms with Gasteiger partial charge in [0.1, 0.15) is 0 Å². The lowest BCUT2D eigenvalue weighted by atomic mass is 9.70. The van der Waals surface area contributed by atoms with Gasteiger partial charge < -0.3 is 14.4 Å². The number of hydrogen-bond acceptors (Lipinski definition) is 3. The summed E-state index contributed by atoms with van der Waals surface area (Å²) in [5.41, 5.74) is 18.0. The van der Waals surface area contributed by atoms with Gasteiger partial charge in [-0.05, 0) is 116 Å². The van der Waals surface area contributed by atoms with Crippen LogP contribution in [0.1, 0.15) is 47.2 Å². The number of hydrogen-bond donors (Lipinski definition) is 0. The molecular weight excluding hydrogens is 671 g/mol. The summed E-state index contributed by atoms with van der Waals surface area (Å²) in [5.74, 6) is 2.94. The fourth-order valence-electron chi connectivity index (χ4n) is 10.2. The Hall–Kier alpha value is -6.84. The van der Waals surface area contributed by atoms with Gasteiger partial charge in [-0.15, -0.1) is 0 Å². The minimum Gasteiger partial charge on any atom is -0.450 e. The summed E-state index contributed by atoms with van der Waals surface area (Å²) < 4.78 is 13.1. The van der Waals surface area contributed by atoms with E-state index < -0.39 is 5.41 Å². The summed E-state index contributed by atoms with van der Waals surface area (Å²) in [6.45, 7) is 4.71. The van der Waals surface area contributed by atoms with Crippen LogP contribution in [0.15, 0.2) is 176 Å². The van der Waals surface area contributed by atoms with Gasteiger partial charge in [-0.3, -0.25) is 0 Å². The van der Waals surface area contributed by atoms with E-state index in [1.54, 1.807) is 0 Å². The Morgan fingerprint density at radius 2 is 0.927 bits per heavy atom. The smallest absolute Gasteiger partial charge is 0.170 e. The van der Waals surface area contributed by atoms with E-state index in [4.69, 9.17) is 9.47 Å². The SMILES string of the molecule is CC1(C)c2ccccc2-c2ccc(N(c3ccccc3)c3cccc4c3-c3ccccc3C43c4ccccc4-c4cc5c(cc43)Oc3ccccc3O5)cc21. The number of anilines is 3. The van der Waals surface area contributed by atoms with Crippen LogP contribution in [0.25, 0.3) is 33.4 Å². The summed E-state index contributed by atoms with van der Waals surface area (Å²) in [6.07, 6.45) is 0. The van der Waals surface area contributed by atoms with Crippen molar-refractivity contribution in [2.45, 2.75) is 24.7 Å². The average molecular weight is 706 g/mol. The summed E-state index contributed by atoms with van der Waals surface area (Å²) in [7, 11) is 0. The van der Waals surface area contributed by atoms with Crippen molar-refractivity contribution in [1.82, 2.24) is 0 Å². The molecule has 1 unspecified atom stereocenters. The molecule has 1 aliphatic heterocycles. The third-order valence-corrected chi connectivity index (χ3v) is 12.5. The zero-order valence-corrected chi connectivity index (χ0v) is 30.5. The maximum Gasteiger partial charge on any atom is 0.170 e. The topological polar surface area (TPSA) is 21.7 Å². The molecule has 4 aliphatic rings. The molecule has 8 aromatic rings. The molecule has 55 heavy (non-hydrogen) atoms. The van der Waals surface area contributed by atoms with Gasteiger partial charge in [-0.1, -0.05) is 135 Å². The van der Waals surface area contributed by atoms with Crippen LogP contribution in [0.4, 0.5) is 17.1 Å². The van der Waals surface area contributed by atoms with Gasteiger partial charge >= 0.3 is 0 Å². The molecule has 0 radical (unpaired) electrons. The Labute approximate surface area is 320 Å². The van der Waals surface area contributed by atoms with Crippen LogP contribution in [-0.2, 0) is 10.8 Å². The lowest BCUT2D eigenvalue weighted by molar-refractivity contribution is 0.359. The molecule has 12 rings (SSSR count). The van der Waals surface area contributed by atoms with E-state index in [9.17, 15) is 0 Å². The molecule has 260 valence electrons. The molecular formula is C52H35NO2. The molecule has 8 aromatic carbocycles.